The van der Waals surface area contributed by atoms with Gasteiger partial charge in [-0.1, -0.05) is 0 Å². The molecule has 1 aromatic rings. The van der Waals surface area contributed by atoms with Gasteiger partial charge in [-0.15, -0.1) is 0 Å². The molecule has 1 rings (SSSR count). The van der Waals surface area contributed by atoms with Gasteiger partial charge >= 0.3 is 0 Å². The van der Waals surface area contributed by atoms with E-state index in [-0.39, 0.29) is 6.29 Å². The van der Waals surface area contributed by atoms with Gasteiger partial charge in [0.25, 0.3) is 0 Å². The Morgan fingerprint density at radius 1 is 1.21 bits per heavy atom. The topological polar surface area (TPSA) is 57.5 Å². The van der Waals surface area contributed by atoms with Gasteiger partial charge in [-0.25, -0.2) is 8.78 Å². The molecule has 0 aliphatic carbocycles. The van der Waals surface area contributed by atoms with Crippen molar-refractivity contribution in [1.29, 1.82) is 0 Å². The minimum Gasteiger partial charge on any atom is -0.515 e. The zero-order valence-corrected chi connectivity index (χ0v) is 6.87. The van der Waals surface area contributed by atoms with E-state index in [2.05, 4.69) is 0 Å². The van der Waals surface area contributed by atoms with Gasteiger partial charge in [-0.3, -0.25) is 4.79 Å². The molecule has 0 aliphatic rings. The molecule has 0 bridgehead atoms. The molecule has 14 heavy (non-hydrogen) atoms. The SMILES string of the molecule is O=Cc1c(F)c(=CO)cc(F)c1=CO. The maximum absolute atomic E-state index is 13.2. The van der Waals surface area contributed by atoms with Crippen LogP contribution in [0.25, 0.3) is 12.5 Å². The summed E-state index contributed by atoms with van der Waals surface area (Å²) in [6.45, 7) is 0. The second kappa shape index (κ2) is 3.87. The molecular weight excluding hydrogens is 194 g/mol. The lowest BCUT2D eigenvalue weighted by Crippen LogP contribution is -2.24. The van der Waals surface area contributed by atoms with Gasteiger partial charge in [0.1, 0.15) is 11.6 Å². The zero-order chi connectivity index (χ0) is 10.7. The molecule has 0 saturated heterocycles. The van der Waals surface area contributed by atoms with Crippen molar-refractivity contribution in [3.63, 3.8) is 0 Å². The summed E-state index contributed by atoms with van der Waals surface area (Å²) in [7, 11) is 0. The number of aliphatic hydroxyl groups excluding tert-OH is 2. The van der Waals surface area contributed by atoms with Crippen LogP contribution in [-0.2, 0) is 0 Å². The Morgan fingerprint density at radius 2 is 1.86 bits per heavy atom. The highest BCUT2D eigenvalue weighted by molar-refractivity contribution is 5.76. The fourth-order valence-electron chi connectivity index (χ4n) is 1.02. The molecule has 0 radical (unpaired) electrons. The normalized spacial score (nSPS) is 13.3. The van der Waals surface area contributed by atoms with Crippen molar-refractivity contribution >= 4 is 18.8 Å². The van der Waals surface area contributed by atoms with E-state index >= 15 is 0 Å². The van der Waals surface area contributed by atoms with Crippen LogP contribution in [-0.4, -0.2) is 16.5 Å². The maximum Gasteiger partial charge on any atom is 0.153 e. The molecule has 0 fully saturated rings. The van der Waals surface area contributed by atoms with Crippen LogP contribution in [0.5, 0.6) is 0 Å². The van der Waals surface area contributed by atoms with Crippen molar-refractivity contribution < 1.29 is 23.8 Å². The molecule has 3 nitrogen and oxygen atoms in total. The summed E-state index contributed by atoms with van der Waals surface area (Å²) in [5.41, 5.74) is -0.632. The third-order valence-corrected chi connectivity index (χ3v) is 1.71. The van der Waals surface area contributed by atoms with Crippen LogP contribution >= 0.6 is 0 Å². The highest BCUT2D eigenvalue weighted by atomic mass is 19.1. The highest BCUT2D eigenvalue weighted by Crippen LogP contribution is 1.95. The van der Waals surface area contributed by atoms with Crippen molar-refractivity contribution in [3.05, 3.63) is 33.7 Å². The van der Waals surface area contributed by atoms with E-state index in [4.69, 9.17) is 10.2 Å². The van der Waals surface area contributed by atoms with Crippen LogP contribution in [0.15, 0.2) is 6.07 Å². The smallest absolute Gasteiger partial charge is 0.153 e. The molecule has 0 saturated carbocycles. The maximum atomic E-state index is 13.2. The summed E-state index contributed by atoms with van der Waals surface area (Å²) < 4.78 is 26.2. The second-order valence-electron chi connectivity index (χ2n) is 2.46. The van der Waals surface area contributed by atoms with Crippen LogP contribution in [0, 0.1) is 11.6 Å². The van der Waals surface area contributed by atoms with E-state index in [0.29, 0.717) is 18.6 Å². The van der Waals surface area contributed by atoms with E-state index in [9.17, 15) is 13.6 Å². The number of halogens is 2. The molecule has 0 heterocycles. The predicted octanol–water partition coefficient (Wildman–Crippen LogP) is 0.369. The molecule has 0 atom stereocenters. The van der Waals surface area contributed by atoms with Gasteiger partial charge in [0.2, 0.25) is 0 Å². The van der Waals surface area contributed by atoms with Crippen LogP contribution in [0.4, 0.5) is 8.78 Å². The lowest BCUT2D eigenvalue weighted by molar-refractivity contribution is 0.111. The monoisotopic (exact) mass is 200 g/mol. The molecule has 0 unspecified atom stereocenters. The van der Waals surface area contributed by atoms with Crippen LogP contribution in [0.2, 0.25) is 0 Å². The third-order valence-electron chi connectivity index (χ3n) is 1.71. The Morgan fingerprint density at radius 3 is 2.29 bits per heavy atom. The number of rotatable bonds is 1. The summed E-state index contributed by atoms with van der Waals surface area (Å²) >= 11 is 0. The minimum absolute atomic E-state index is 0.0630. The first-order valence-electron chi connectivity index (χ1n) is 3.57. The summed E-state index contributed by atoms with van der Waals surface area (Å²) in [5, 5.41) is 16.1. The van der Waals surface area contributed by atoms with Gasteiger partial charge < -0.3 is 10.2 Å². The summed E-state index contributed by atoms with van der Waals surface area (Å²) in [6.07, 6.45) is 0.698. The van der Waals surface area contributed by atoms with E-state index in [1.807, 2.05) is 0 Å². The lowest BCUT2D eigenvalue weighted by atomic mass is 10.1. The van der Waals surface area contributed by atoms with E-state index in [0.717, 1.165) is 0 Å². The van der Waals surface area contributed by atoms with Gasteiger partial charge in [-0.05, 0) is 6.07 Å². The Labute approximate surface area is 77.2 Å². The zero-order valence-electron chi connectivity index (χ0n) is 6.87. The fourth-order valence-corrected chi connectivity index (χ4v) is 1.02. The highest BCUT2D eigenvalue weighted by Gasteiger charge is 2.09. The second-order valence-corrected chi connectivity index (χ2v) is 2.46. The van der Waals surface area contributed by atoms with Crippen LogP contribution in [0.1, 0.15) is 10.4 Å². The lowest BCUT2D eigenvalue weighted by Gasteiger charge is -1.98. The summed E-state index contributed by atoms with van der Waals surface area (Å²) in [4.78, 5) is 10.4. The number of aldehydes is 1. The van der Waals surface area contributed by atoms with E-state index in [1.165, 1.54) is 0 Å². The molecule has 5 heteroatoms. The quantitative estimate of drug-likeness (QED) is 0.644. The average Bonchev–Trinajstić information content (AvgIpc) is 2.20. The van der Waals surface area contributed by atoms with E-state index in [1.54, 1.807) is 0 Å². The van der Waals surface area contributed by atoms with Crippen molar-refractivity contribution in [3.8, 4) is 0 Å². The Balaban J connectivity index is 3.85. The molecule has 0 spiro atoms. The van der Waals surface area contributed by atoms with Gasteiger partial charge in [0.05, 0.1) is 23.3 Å². The molecule has 1 aromatic carbocycles. The standard InChI is InChI=1S/C9H6F2O3/c10-8-1-5(2-12)9(11)7(4-14)6(8)3-13/h1-4,12-13H. The van der Waals surface area contributed by atoms with Crippen molar-refractivity contribution in [2.45, 2.75) is 0 Å². The van der Waals surface area contributed by atoms with Crippen molar-refractivity contribution in [2.75, 3.05) is 0 Å². The number of aliphatic hydroxyl groups is 2. The first-order chi connectivity index (χ1) is 6.65. The first-order valence-corrected chi connectivity index (χ1v) is 3.57. The third kappa shape index (κ3) is 1.44. The average molecular weight is 200 g/mol. The molecule has 0 aromatic heterocycles. The summed E-state index contributed by atoms with van der Waals surface area (Å²) in [5.74, 6) is -2.07. The molecule has 2 N–H and O–H groups in total. The van der Waals surface area contributed by atoms with Crippen molar-refractivity contribution in [1.82, 2.24) is 0 Å². The fraction of sp³-hybridized carbons (Fsp3) is 0. The Kier molecular flexibility index (Phi) is 2.81. The van der Waals surface area contributed by atoms with E-state index < -0.39 is 27.6 Å². The van der Waals surface area contributed by atoms with Gasteiger partial charge in [0, 0.05) is 5.22 Å². The number of benzene rings is 1. The molecule has 0 amide bonds. The van der Waals surface area contributed by atoms with Gasteiger partial charge in [0.15, 0.2) is 6.29 Å². The predicted molar refractivity (Wildman–Crippen MR) is 45.2 cm³/mol. The minimum atomic E-state index is -1.08. The van der Waals surface area contributed by atoms with Gasteiger partial charge in [-0.2, -0.15) is 0 Å². The first kappa shape index (κ1) is 10.2. The number of hydrogen-bond donors (Lipinski definition) is 2. The Hall–Kier alpha value is -1.91. The number of hydrogen-bond acceptors (Lipinski definition) is 3. The Bertz CT molecular complexity index is 480. The summed E-state index contributed by atoms with van der Waals surface area (Å²) in [6, 6.07) is 0.671. The number of carbonyl (C=O) groups excluding carboxylic acids is 1. The molecule has 0 aliphatic heterocycles. The van der Waals surface area contributed by atoms with Crippen LogP contribution in [0.3, 0.4) is 0 Å². The molecule has 74 valence electrons. The van der Waals surface area contributed by atoms with Crippen LogP contribution < -0.4 is 10.4 Å². The largest absolute Gasteiger partial charge is 0.515 e. The number of carbonyl (C=O) groups is 1. The van der Waals surface area contributed by atoms with Crippen molar-refractivity contribution in [2.24, 2.45) is 0 Å². The molecular formula is C9H6F2O3.